The second-order valence-corrected chi connectivity index (χ2v) is 5.11. The van der Waals surface area contributed by atoms with E-state index >= 15 is 0 Å². The number of nitrogens with zero attached hydrogens (tertiary/aromatic N) is 1. The third-order valence-corrected chi connectivity index (χ3v) is 3.01. The maximum Gasteiger partial charge on any atom is 0.225 e. The third-order valence-electron chi connectivity index (χ3n) is 1.66. The van der Waals surface area contributed by atoms with Crippen molar-refractivity contribution in [2.75, 3.05) is 5.75 Å². The van der Waals surface area contributed by atoms with E-state index in [2.05, 4.69) is 4.72 Å². The van der Waals surface area contributed by atoms with E-state index in [1.165, 1.54) is 0 Å². The number of nitrogens with one attached hydrogen (secondary N) is 1. The average molecular weight is 245 g/mol. The molecule has 0 bridgehead atoms. The maximum absolute atomic E-state index is 11.1. The second kappa shape index (κ2) is 5.12. The van der Waals surface area contributed by atoms with Crippen molar-refractivity contribution >= 4 is 21.6 Å². The average Bonchev–Trinajstić information content (AvgIpc) is 2.17. The van der Waals surface area contributed by atoms with Gasteiger partial charge in [0, 0.05) is 11.6 Å². The van der Waals surface area contributed by atoms with Gasteiger partial charge in [0.15, 0.2) is 5.75 Å². The Morgan fingerprint density at radius 1 is 1.33 bits per heavy atom. The van der Waals surface area contributed by atoms with Gasteiger partial charge in [0.1, 0.15) is 0 Å². The molecule has 1 N–H and O–H groups in total. The Morgan fingerprint density at radius 2 is 1.93 bits per heavy atom. The molecular formula is C9H9ClN2O2S. The van der Waals surface area contributed by atoms with Crippen LogP contribution in [0.2, 0.25) is 5.02 Å². The van der Waals surface area contributed by atoms with Crippen molar-refractivity contribution in [3.63, 3.8) is 0 Å². The van der Waals surface area contributed by atoms with Gasteiger partial charge in [0.2, 0.25) is 10.0 Å². The first-order valence-corrected chi connectivity index (χ1v) is 6.15. The molecule has 1 aromatic carbocycles. The molecule has 1 rings (SSSR count). The van der Waals surface area contributed by atoms with Crippen LogP contribution in [0.1, 0.15) is 5.56 Å². The Balaban J connectivity index is 2.59. The summed E-state index contributed by atoms with van der Waals surface area (Å²) in [6.07, 6.45) is 0. The lowest BCUT2D eigenvalue weighted by atomic mass is 10.2. The summed E-state index contributed by atoms with van der Waals surface area (Å²) in [5.41, 5.74) is 0.793. The number of halogens is 1. The molecule has 1 aromatic rings. The molecule has 0 spiro atoms. The van der Waals surface area contributed by atoms with Gasteiger partial charge in [0.25, 0.3) is 0 Å². The van der Waals surface area contributed by atoms with Crippen molar-refractivity contribution in [3.05, 3.63) is 34.9 Å². The van der Waals surface area contributed by atoms with Gasteiger partial charge in [-0.1, -0.05) is 23.7 Å². The van der Waals surface area contributed by atoms with Gasteiger partial charge < -0.3 is 0 Å². The number of hydrogen-bond donors (Lipinski definition) is 1. The first-order valence-electron chi connectivity index (χ1n) is 4.12. The predicted molar refractivity (Wildman–Crippen MR) is 57.7 cm³/mol. The Hall–Kier alpha value is -1.09. The zero-order chi connectivity index (χ0) is 11.3. The molecule has 0 fully saturated rings. The molecule has 0 unspecified atom stereocenters. The van der Waals surface area contributed by atoms with Crippen LogP contribution in [0.25, 0.3) is 0 Å². The van der Waals surface area contributed by atoms with Gasteiger partial charge in [-0.3, -0.25) is 0 Å². The van der Waals surface area contributed by atoms with Crippen molar-refractivity contribution in [1.82, 2.24) is 4.72 Å². The fraction of sp³-hybridized carbons (Fsp3) is 0.222. The molecule has 80 valence electrons. The van der Waals surface area contributed by atoms with Crippen LogP contribution >= 0.6 is 11.6 Å². The van der Waals surface area contributed by atoms with Crippen molar-refractivity contribution < 1.29 is 8.42 Å². The zero-order valence-electron chi connectivity index (χ0n) is 7.77. The summed E-state index contributed by atoms with van der Waals surface area (Å²) in [7, 11) is -3.48. The molecule has 0 saturated heterocycles. The molecule has 0 aliphatic carbocycles. The number of hydrogen-bond acceptors (Lipinski definition) is 3. The molecule has 0 saturated carbocycles. The number of sulfonamides is 1. The van der Waals surface area contributed by atoms with Crippen molar-refractivity contribution in [2.45, 2.75) is 6.54 Å². The summed E-state index contributed by atoms with van der Waals surface area (Å²) < 4.78 is 24.5. The van der Waals surface area contributed by atoms with Crippen molar-refractivity contribution in [1.29, 1.82) is 5.26 Å². The van der Waals surface area contributed by atoms with E-state index < -0.39 is 15.8 Å². The number of nitriles is 1. The van der Waals surface area contributed by atoms with Gasteiger partial charge in [-0.2, -0.15) is 5.26 Å². The second-order valence-electron chi connectivity index (χ2n) is 2.86. The number of benzene rings is 1. The summed E-state index contributed by atoms with van der Waals surface area (Å²) in [5.74, 6) is -0.527. The topological polar surface area (TPSA) is 70.0 Å². The monoisotopic (exact) mass is 244 g/mol. The Morgan fingerprint density at radius 3 is 2.47 bits per heavy atom. The summed E-state index contributed by atoms with van der Waals surface area (Å²) in [4.78, 5) is 0. The first-order chi connectivity index (χ1) is 7.03. The lowest BCUT2D eigenvalue weighted by molar-refractivity contribution is 0.585. The van der Waals surface area contributed by atoms with Crippen LogP contribution in [0.15, 0.2) is 24.3 Å². The van der Waals surface area contributed by atoms with Crippen LogP contribution in [0.3, 0.4) is 0 Å². The highest BCUT2D eigenvalue weighted by Crippen LogP contribution is 2.09. The molecule has 0 radical (unpaired) electrons. The Labute approximate surface area is 93.5 Å². The minimum absolute atomic E-state index is 0.168. The molecule has 0 aliphatic heterocycles. The molecule has 0 aromatic heterocycles. The van der Waals surface area contributed by atoms with Crippen LogP contribution in [-0.4, -0.2) is 14.2 Å². The van der Waals surface area contributed by atoms with E-state index in [-0.39, 0.29) is 6.54 Å². The summed E-state index contributed by atoms with van der Waals surface area (Å²) in [6, 6.07) is 8.37. The normalized spacial score (nSPS) is 10.9. The van der Waals surface area contributed by atoms with E-state index in [1.807, 2.05) is 0 Å². The molecule has 0 aliphatic rings. The van der Waals surface area contributed by atoms with Gasteiger partial charge >= 0.3 is 0 Å². The number of rotatable bonds is 4. The molecule has 0 amide bonds. The van der Waals surface area contributed by atoms with Crippen LogP contribution in [0.5, 0.6) is 0 Å². The highest BCUT2D eigenvalue weighted by atomic mass is 35.5. The standard InChI is InChI=1S/C9H9ClN2O2S/c10-9-3-1-8(2-4-9)7-12-15(13,14)6-5-11/h1-4,12H,6-7H2. The maximum atomic E-state index is 11.1. The largest absolute Gasteiger partial charge is 0.225 e. The SMILES string of the molecule is N#CCS(=O)(=O)NCc1ccc(Cl)cc1. The van der Waals surface area contributed by atoms with E-state index in [9.17, 15) is 8.42 Å². The Kier molecular flexibility index (Phi) is 4.09. The minimum atomic E-state index is -3.48. The molecule has 6 heteroatoms. The highest BCUT2D eigenvalue weighted by Gasteiger charge is 2.08. The highest BCUT2D eigenvalue weighted by molar-refractivity contribution is 7.89. The predicted octanol–water partition coefficient (Wildman–Crippen LogP) is 1.28. The van der Waals surface area contributed by atoms with Gasteiger partial charge in [-0.15, -0.1) is 0 Å². The Bertz CT molecular complexity index is 462. The van der Waals surface area contributed by atoms with Crippen LogP contribution in [-0.2, 0) is 16.6 Å². The summed E-state index contributed by atoms with van der Waals surface area (Å²) >= 11 is 5.67. The molecular weight excluding hydrogens is 236 g/mol. The lowest BCUT2D eigenvalue weighted by Gasteiger charge is -2.03. The van der Waals surface area contributed by atoms with Crippen LogP contribution in [0, 0.1) is 11.3 Å². The fourth-order valence-corrected chi connectivity index (χ4v) is 1.72. The van der Waals surface area contributed by atoms with Gasteiger partial charge in [0.05, 0.1) is 6.07 Å². The van der Waals surface area contributed by atoms with Gasteiger partial charge in [-0.25, -0.2) is 13.1 Å². The van der Waals surface area contributed by atoms with E-state index in [1.54, 1.807) is 30.3 Å². The quantitative estimate of drug-likeness (QED) is 0.868. The first kappa shape index (κ1) is 12.0. The molecule has 0 atom stereocenters. The van der Waals surface area contributed by atoms with E-state index in [0.717, 1.165) is 5.56 Å². The van der Waals surface area contributed by atoms with E-state index in [0.29, 0.717) is 5.02 Å². The van der Waals surface area contributed by atoms with Crippen molar-refractivity contribution in [3.8, 4) is 6.07 Å². The summed E-state index contributed by atoms with van der Waals surface area (Å²) in [5, 5.41) is 8.84. The third kappa shape index (κ3) is 4.30. The smallest absolute Gasteiger partial charge is 0.211 e. The molecule has 15 heavy (non-hydrogen) atoms. The zero-order valence-corrected chi connectivity index (χ0v) is 9.35. The van der Waals surface area contributed by atoms with E-state index in [4.69, 9.17) is 16.9 Å². The van der Waals surface area contributed by atoms with Crippen molar-refractivity contribution in [2.24, 2.45) is 0 Å². The lowest BCUT2D eigenvalue weighted by Crippen LogP contribution is -2.25. The van der Waals surface area contributed by atoms with Crippen LogP contribution in [0.4, 0.5) is 0 Å². The fourth-order valence-electron chi connectivity index (χ4n) is 0.932. The molecule has 4 nitrogen and oxygen atoms in total. The summed E-state index contributed by atoms with van der Waals surface area (Å²) in [6.45, 7) is 0.168. The minimum Gasteiger partial charge on any atom is -0.211 e. The van der Waals surface area contributed by atoms with Gasteiger partial charge in [-0.05, 0) is 17.7 Å². The molecule has 0 heterocycles. The van der Waals surface area contributed by atoms with Crippen LogP contribution < -0.4 is 4.72 Å².